The maximum absolute atomic E-state index is 12.3. The Balaban J connectivity index is 1.40. The van der Waals surface area contributed by atoms with Gasteiger partial charge in [0.05, 0.1) is 6.26 Å². The molecule has 4 aromatic rings. The molecule has 0 bridgehead atoms. The molecule has 34 heavy (non-hydrogen) atoms. The molecule has 0 atom stereocenters. The first-order valence-electron chi connectivity index (χ1n) is 10.8. The first-order valence-corrected chi connectivity index (χ1v) is 10.8. The van der Waals surface area contributed by atoms with Gasteiger partial charge >= 0.3 is 5.97 Å². The molecule has 1 aliphatic rings. The van der Waals surface area contributed by atoms with Crippen LogP contribution in [-0.2, 0) is 22.7 Å². The topological polar surface area (TPSA) is 70.3 Å². The molecule has 3 aromatic carbocycles. The lowest BCUT2D eigenvalue weighted by Gasteiger charge is -2.14. The van der Waals surface area contributed by atoms with Gasteiger partial charge in [0.1, 0.15) is 13.2 Å². The zero-order chi connectivity index (χ0) is 23.2. The summed E-state index contributed by atoms with van der Waals surface area (Å²) in [5.74, 6) is 1.17. The number of hydrogen-bond donors (Lipinski definition) is 0. The molecule has 0 unspecified atom stereocenters. The summed E-state index contributed by atoms with van der Waals surface area (Å²) in [7, 11) is 0. The lowest BCUT2D eigenvalue weighted by molar-refractivity contribution is -0.130. The van der Waals surface area contributed by atoms with Gasteiger partial charge in [-0.2, -0.15) is 0 Å². The minimum atomic E-state index is -0.539. The minimum Gasteiger partial charge on any atom is -0.485 e. The molecule has 5 rings (SSSR count). The highest BCUT2D eigenvalue weighted by Crippen LogP contribution is 2.31. The average Bonchev–Trinajstić information content (AvgIpc) is 3.54. The van der Waals surface area contributed by atoms with E-state index in [0.29, 0.717) is 30.5 Å². The van der Waals surface area contributed by atoms with Gasteiger partial charge in [-0.25, -0.2) is 9.79 Å². The number of nitrogens with zero attached hydrogens (tertiary/aromatic N) is 1. The lowest BCUT2D eigenvalue weighted by Crippen LogP contribution is -2.04. The molecule has 1 aliphatic heterocycles. The highest BCUT2D eigenvalue weighted by molar-refractivity contribution is 6.11. The fourth-order valence-corrected chi connectivity index (χ4v) is 3.39. The van der Waals surface area contributed by atoms with E-state index in [0.717, 1.165) is 16.7 Å². The second-order valence-electron chi connectivity index (χ2n) is 7.57. The second kappa shape index (κ2) is 9.92. The third-order valence-electron chi connectivity index (χ3n) is 5.10. The van der Waals surface area contributed by atoms with Crippen molar-refractivity contribution >= 4 is 17.9 Å². The van der Waals surface area contributed by atoms with Crippen molar-refractivity contribution in [2.75, 3.05) is 0 Å². The molecule has 0 amide bonds. The third kappa shape index (κ3) is 5.07. The summed E-state index contributed by atoms with van der Waals surface area (Å²) in [5, 5.41) is 0. The van der Waals surface area contributed by atoms with Crippen molar-refractivity contribution in [3.8, 4) is 11.5 Å². The minimum absolute atomic E-state index is 0.143. The van der Waals surface area contributed by atoms with Gasteiger partial charge in [-0.3, -0.25) is 0 Å². The predicted molar refractivity (Wildman–Crippen MR) is 127 cm³/mol. The molecular formula is C28H21NO5. The van der Waals surface area contributed by atoms with E-state index in [9.17, 15) is 4.79 Å². The van der Waals surface area contributed by atoms with Gasteiger partial charge in [0, 0.05) is 0 Å². The second-order valence-corrected chi connectivity index (χ2v) is 7.57. The molecule has 168 valence electrons. The Labute approximate surface area is 196 Å². The van der Waals surface area contributed by atoms with Crippen LogP contribution in [0.15, 0.2) is 112 Å². The molecule has 0 spiro atoms. The molecule has 0 N–H and O–H groups in total. The van der Waals surface area contributed by atoms with Crippen molar-refractivity contribution in [2.24, 2.45) is 4.99 Å². The Bertz CT molecular complexity index is 1330. The molecule has 2 heterocycles. The average molecular weight is 451 g/mol. The van der Waals surface area contributed by atoms with Crippen LogP contribution < -0.4 is 9.47 Å². The smallest absolute Gasteiger partial charge is 0.363 e. The van der Waals surface area contributed by atoms with Crippen molar-refractivity contribution in [2.45, 2.75) is 13.2 Å². The Kier molecular flexibility index (Phi) is 6.21. The predicted octanol–water partition coefficient (Wildman–Crippen LogP) is 5.78. The number of carbonyl (C=O) groups excluding carboxylic acids is 1. The standard InChI is InChI=1S/C28H21NO5/c30-28-23(29-27(34-28)25-12-7-15-31-25)16-22-13-14-24(32-18-20-8-3-1-4-9-20)26(17-22)33-19-21-10-5-2-6-11-21/h1-17H,18-19H2/b23-16-. The highest BCUT2D eigenvalue weighted by atomic mass is 16.6. The number of ether oxygens (including phenoxy) is 3. The van der Waals surface area contributed by atoms with Crippen molar-refractivity contribution < 1.29 is 23.4 Å². The van der Waals surface area contributed by atoms with Crippen LogP contribution in [0.2, 0.25) is 0 Å². The van der Waals surface area contributed by atoms with Crippen molar-refractivity contribution in [3.63, 3.8) is 0 Å². The van der Waals surface area contributed by atoms with Crippen LogP contribution in [0.4, 0.5) is 0 Å². The fraction of sp³-hybridized carbons (Fsp3) is 0.0714. The molecule has 1 aromatic heterocycles. The number of hydrogen-bond acceptors (Lipinski definition) is 6. The quantitative estimate of drug-likeness (QED) is 0.251. The maximum Gasteiger partial charge on any atom is 0.363 e. The van der Waals surface area contributed by atoms with E-state index in [1.807, 2.05) is 78.9 Å². The highest BCUT2D eigenvalue weighted by Gasteiger charge is 2.25. The van der Waals surface area contributed by atoms with E-state index in [-0.39, 0.29) is 11.6 Å². The van der Waals surface area contributed by atoms with Crippen LogP contribution in [0.1, 0.15) is 22.5 Å². The first-order chi connectivity index (χ1) is 16.7. The molecule has 0 aliphatic carbocycles. The van der Waals surface area contributed by atoms with Crippen molar-refractivity contribution in [1.29, 1.82) is 0 Å². The van der Waals surface area contributed by atoms with Crippen LogP contribution in [0, 0.1) is 0 Å². The van der Waals surface area contributed by atoms with Gasteiger partial charge in [0.25, 0.3) is 5.90 Å². The molecular weight excluding hydrogens is 430 g/mol. The Morgan fingerprint density at radius 2 is 1.44 bits per heavy atom. The van der Waals surface area contributed by atoms with E-state index in [4.69, 9.17) is 18.6 Å². The third-order valence-corrected chi connectivity index (χ3v) is 5.10. The van der Waals surface area contributed by atoms with Gasteiger partial charge in [0.15, 0.2) is 23.0 Å². The summed E-state index contributed by atoms with van der Waals surface area (Å²) in [6.45, 7) is 0.789. The van der Waals surface area contributed by atoms with Crippen molar-refractivity contribution in [3.05, 3.63) is 125 Å². The Morgan fingerprint density at radius 3 is 2.09 bits per heavy atom. The van der Waals surface area contributed by atoms with E-state index in [1.54, 1.807) is 18.2 Å². The molecule has 0 saturated heterocycles. The van der Waals surface area contributed by atoms with Crippen LogP contribution in [0.5, 0.6) is 11.5 Å². The summed E-state index contributed by atoms with van der Waals surface area (Å²) in [6.07, 6.45) is 3.15. The SMILES string of the molecule is O=C1OC(c2ccco2)=N/C1=C\c1ccc(OCc2ccccc2)c(OCc2ccccc2)c1. The summed E-state index contributed by atoms with van der Waals surface area (Å²) < 4.78 is 22.6. The van der Waals surface area contributed by atoms with Crippen LogP contribution in [0.3, 0.4) is 0 Å². The zero-order valence-electron chi connectivity index (χ0n) is 18.2. The molecule has 6 nitrogen and oxygen atoms in total. The Morgan fingerprint density at radius 1 is 0.765 bits per heavy atom. The monoisotopic (exact) mass is 451 g/mol. The van der Waals surface area contributed by atoms with Gasteiger partial charge in [0.2, 0.25) is 0 Å². The van der Waals surface area contributed by atoms with E-state index < -0.39 is 5.97 Å². The van der Waals surface area contributed by atoms with Gasteiger partial charge < -0.3 is 18.6 Å². The summed E-state index contributed by atoms with van der Waals surface area (Å²) in [5.41, 5.74) is 2.99. The number of aliphatic imine (C=N–C) groups is 1. The number of esters is 1. The number of furan rings is 1. The molecule has 0 fully saturated rings. The maximum atomic E-state index is 12.3. The molecule has 0 radical (unpaired) electrons. The normalized spacial score (nSPS) is 14.1. The number of carbonyl (C=O) groups is 1. The van der Waals surface area contributed by atoms with E-state index in [2.05, 4.69) is 4.99 Å². The van der Waals surface area contributed by atoms with Crippen LogP contribution in [-0.4, -0.2) is 11.9 Å². The zero-order valence-corrected chi connectivity index (χ0v) is 18.2. The fourth-order valence-electron chi connectivity index (χ4n) is 3.39. The first kappa shape index (κ1) is 21.3. The molecule has 6 heteroatoms. The number of rotatable bonds is 8. The lowest BCUT2D eigenvalue weighted by atomic mass is 10.1. The molecule has 0 saturated carbocycles. The number of cyclic esters (lactones) is 1. The number of benzene rings is 3. The van der Waals surface area contributed by atoms with E-state index in [1.165, 1.54) is 6.26 Å². The van der Waals surface area contributed by atoms with Gasteiger partial charge in [-0.1, -0.05) is 66.7 Å². The largest absolute Gasteiger partial charge is 0.485 e. The summed E-state index contributed by atoms with van der Waals surface area (Å²) >= 11 is 0. The van der Waals surface area contributed by atoms with Crippen LogP contribution in [0.25, 0.3) is 6.08 Å². The van der Waals surface area contributed by atoms with Gasteiger partial charge in [-0.15, -0.1) is 0 Å². The van der Waals surface area contributed by atoms with Crippen LogP contribution >= 0.6 is 0 Å². The Hall–Kier alpha value is -4.58. The summed E-state index contributed by atoms with van der Waals surface area (Å²) in [4.78, 5) is 16.6. The summed E-state index contributed by atoms with van der Waals surface area (Å²) in [6, 6.07) is 28.7. The van der Waals surface area contributed by atoms with Crippen molar-refractivity contribution in [1.82, 2.24) is 0 Å². The van der Waals surface area contributed by atoms with E-state index >= 15 is 0 Å². The van der Waals surface area contributed by atoms with Gasteiger partial charge in [-0.05, 0) is 47.0 Å².